The average Bonchev–Trinajstić information content (AvgIpc) is 3.09. The molecule has 0 radical (unpaired) electrons. The van der Waals surface area contributed by atoms with E-state index in [0.29, 0.717) is 0 Å². The van der Waals surface area contributed by atoms with Gasteiger partial charge in [-0.05, 0) is 82.2 Å². The molecule has 130 valence electrons. The van der Waals surface area contributed by atoms with Gasteiger partial charge < -0.3 is 14.2 Å². The van der Waals surface area contributed by atoms with Crippen molar-refractivity contribution >= 4 is 5.57 Å². The van der Waals surface area contributed by atoms with Crippen LogP contribution < -0.4 is 0 Å². The van der Waals surface area contributed by atoms with Crippen LogP contribution in [0.2, 0.25) is 0 Å². The molecule has 0 fully saturated rings. The van der Waals surface area contributed by atoms with Crippen molar-refractivity contribution < 1.29 is 5.11 Å². The van der Waals surface area contributed by atoms with Crippen LogP contribution in [0.3, 0.4) is 0 Å². The Labute approximate surface area is 149 Å². The summed E-state index contributed by atoms with van der Waals surface area (Å²) in [7, 11) is 0. The molecule has 0 amide bonds. The summed E-state index contributed by atoms with van der Waals surface area (Å²) in [4.78, 5) is 4.94. The second-order valence-corrected chi connectivity index (χ2v) is 6.54. The molecule has 0 aliphatic heterocycles. The van der Waals surface area contributed by atoms with E-state index >= 15 is 0 Å². The van der Waals surface area contributed by atoms with Crippen LogP contribution in [0.15, 0.2) is 42.5 Å². The van der Waals surface area contributed by atoms with Crippen molar-refractivity contribution in [2.24, 2.45) is 0 Å². The monoisotopic (exact) mass is 335 g/mol. The van der Waals surface area contributed by atoms with Gasteiger partial charge in [0.05, 0.1) is 6.61 Å². The Morgan fingerprint density at radius 3 is 1.64 bits per heavy atom. The number of hydrogen-bond donors (Lipinski definition) is 1. The van der Waals surface area contributed by atoms with E-state index in [9.17, 15) is 5.11 Å². The Morgan fingerprint density at radius 1 is 0.880 bits per heavy atom. The lowest BCUT2D eigenvalue weighted by molar-refractivity contribution is 0.343. The number of pyridine rings is 1. The van der Waals surface area contributed by atoms with E-state index in [0.717, 1.165) is 45.5 Å². The topological polar surface area (TPSA) is 43.0 Å². The van der Waals surface area contributed by atoms with Crippen molar-refractivity contribution in [1.82, 2.24) is 14.1 Å². The summed E-state index contributed by atoms with van der Waals surface area (Å²) in [6.07, 6.45) is 1.83. The van der Waals surface area contributed by atoms with Crippen LogP contribution in [-0.2, 0) is 0 Å². The highest BCUT2D eigenvalue weighted by atomic mass is 16.2. The van der Waals surface area contributed by atoms with Gasteiger partial charge in [0.15, 0.2) is 0 Å². The van der Waals surface area contributed by atoms with Crippen LogP contribution in [0.4, 0.5) is 0 Å². The van der Waals surface area contributed by atoms with Crippen molar-refractivity contribution in [3.05, 3.63) is 70.8 Å². The summed E-state index contributed by atoms with van der Waals surface area (Å²) in [5.74, 6) is 1.79. The summed E-state index contributed by atoms with van der Waals surface area (Å²) in [5, 5.41) is 9.28. The molecule has 1 N–H and O–H groups in total. The summed E-state index contributed by atoms with van der Waals surface area (Å²) < 4.78 is 4.32. The van der Waals surface area contributed by atoms with Crippen LogP contribution in [0.1, 0.15) is 35.3 Å². The van der Waals surface area contributed by atoms with E-state index < -0.39 is 0 Å². The number of nitrogens with zero attached hydrogens (tertiary/aromatic N) is 3. The molecular weight excluding hydrogens is 310 g/mol. The SMILES string of the molecule is C/C(=C/CO)c1cc(-n2c(C)ccc2C)nc(-n2c(C)ccc2C)c1. The van der Waals surface area contributed by atoms with Gasteiger partial charge in [-0.2, -0.15) is 0 Å². The highest BCUT2D eigenvalue weighted by Crippen LogP contribution is 2.24. The molecule has 0 atom stereocenters. The Balaban J connectivity index is 2.28. The summed E-state index contributed by atoms with van der Waals surface area (Å²) in [6.45, 7) is 10.4. The van der Waals surface area contributed by atoms with Gasteiger partial charge in [-0.3, -0.25) is 0 Å². The molecule has 3 aromatic rings. The highest BCUT2D eigenvalue weighted by Gasteiger charge is 2.13. The van der Waals surface area contributed by atoms with E-state index in [4.69, 9.17) is 4.98 Å². The normalized spacial score (nSPS) is 12.0. The third-order valence-corrected chi connectivity index (χ3v) is 4.65. The predicted molar refractivity (Wildman–Crippen MR) is 103 cm³/mol. The maximum absolute atomic E-state index is 9.28. The average molecular weight is 335 g/mol. The van der Waals surface area contributed by atoms with Gasteiger partial charge in [-0.15, -0.1) is 0 Å². The zero-order chi connectivity index (χ0) is 18.1. The fraction of sp³-hybridized carbons (Fsp3) is 0.286. The second kappa shape index (κ2) is 6.73. The number of rotatable bonds is 4. The van der Waals surface area contributed by atoms with E-state index in [-0.39, 0.29) is 6.61 Å². The molecule has 0 saturated carbocycles. The van der Waals surface area contributed by atoms with Crippen LogP contribution in [0, 0.1) is 27.7 Å². The van der Waals surface area contributed by atoms with Crippen molar-refractivity contribution in [1.29, 1.82) is 0 Å². The van der Waals surface area contributed by atoms with Gasteiger partial charge in [0.2, 0.25) is 0 Å². The lowest BCUT2D eigenvalue weighted by atomic mass is 10.1. The molecule has 0 saturated heterocycles. The first kappa shape index (κ1) is 17.2. The van der Waals surface area contributed by atoms with Crippen LogP contribution >= 0.6 is 0 Å². The number of allylic oxidation sites excluding steroid dienone is 1. The molecule has 4 nitrogen and oxygen atoms in total. The Morgan fingerprint density at radius 2 is 1.28 bits per heavy atom. The fourth-order valence-electron chi connectivity index (χ4n) is 3.27. The second-order valence-electron chi connectivity index (χ2n) is 6.54. The van der Waals surface area contributed by atoms with E-state index in [1.165, 1.54) is 0 Å². The molecule has 25 heavy (non-hydrogen) atoms. The van der Waals surface area contributed by atoms with Gasteiger partial charge in [-0.1, -0.05) is 6.08 Å². The Bertz CT molecular complexity index is 841. The molecule has 0 aliphatic carbocycles. The molecule has 0 bridgehead atoms. The number of aliphatic hydroxyl groups is 1. The molecule has 0 unspecified atom stereocenters. The molecular formula is C21H25N3O. The van der Waals surface area contributed by atoms with Gasteiger partial charge in [-0.25, -0.2) is 4.98 Å². The molecule has 0 aliphatic rings. The molecule has 3 heterocycles. The molecule has 4 heteroatoms. The summed E-state index contributed by atoms with van der Waals surface area (Å²) in [5.41, 5.74) is 6.71. The minimum Gasteiger partial charge on any atom is -0.392 e. The van der Waals surface area contributed by atoms with Gasteiger partial charge in [0, 0.05) is 22.8 Å². The quantitative estimate of drug-likeness (QED) is 0.773. The smallest absolute Gasteiger partial charge is 0.140 e. The first-order valence-corrected chi connectivity index (χ1v) is 8.53. The Hall–Kier alpha value is -2.59. The number of aliphatic hydroxyl groups excluding tert-OH is 1. The maximum Gasteiger partial charge on any atom is 0.140 e. The lowest BCUT2D eigenvalue weighted by Gasteiger charge is -2.16. The van der Waals surface area contributed by atoms with Crippen molar-refractivity contribution in [2.45, 2.75) is 34.6 Å². The zero-order valence-electron chi connectivity index (χ0n) is 15.5. The zero-order valence-corrected chi connectivity index (χ0v) is 15.5. The summed E-state index contributed by atoms with van der Waals surface area (Å²) >= 11 is 0. The van der Waals surface area contributed by atoms with Gasteiger partial charge >= 0.3 is 0 Å². The fourth-order valence-corrected chi connectivity index (χ4v) is 3.27. The molecule has 0 aromatic carbocycles. The van der Waals surface area contributed by atoms with E-state index in [1.807, 2.05) is 13.0 Å². The van der Waals surface area contributed by atoms with Crippen molar-refractivity contribution in [3.8, 4) is 11.6 Å². The third kappa shape index (κ3) is 3.17. The summed E-state index contributed by atoms with van der Waals surface area (Å²) in [6, 6.07) is 12.6. The maximum atomic E-state index is 9.28. The first-order valence-electron chi connectivity index (χ1n) is 8.53. The van der Waals surface area contributed by atoms with Crippen LogP contribution in [0.25, 0.3) is 17.2 Å². The van der Waals surface area contributed by atoms with E-state index in [1.54, 1.807) is 0 Å². The number of aromatic nitrogens is 3. The molecule has 0 spiro atoms. The van der Waals surface area contributed by atoms with Gasteiger partial charge in [0.1, 0.15) is 11.6 Å². The minimum absolute atomic E-state index is 0.0297. The highest BCUT2D eigenvalue weighted by molar-refractivity contribution is 5.67. The Kier molecular flexibility index (Phi) is 4.64. The predicted octanol–water partition coefficient (Wildman–Crippen LogP) is 4.29. The molecule has 3 rings (SSSR count). The number of hydrogen-bond acceptors (Lipinski definition) is 2. The third-order valence-electron chi connectivity index (χ3n) is 4.65. The first-order chi connectivity index (χ1) is 11.9. The van der Waals surface area contributed by atoms with Crippen LogP contribution in [-0.4, -0.2) is 25.8 Å². The standard InChI is InChI=1S/C21H25N3O/c1-14(10-11-25)19-12-20(23-15(2)6-7-16(23)3)22-21(13-19)24-17(4)8-9-18(24)5/h6-10,12-13,25H,11H2,1-5H3/b14-10-. The van der Waals surface area contributed by atoms with Crippen LogP contribution in [0.5, 0.6) is 0 Å². The van der Waals surface area contributed by atoms with Gasteiger partial charge in [0.25, 0.3) is 0 Å². The van der Waals surface area contributed by atoms with E-state index in [2.05, 4.69) is 73.2 Å². The number of aryl methyl sites for hydroxylation is 4. The van der Waals surface area contributed by atoms with Crippen molar-refractivity contribution in [2.75, 3.05) is 6.61 Å². The minimum atomic E-state index is 0.0297. The largest absolute Gasteiger partial charge is 0.392 e. The van der Waals surface area contributed by atoms with Crippen molar-refractivity contribution in [3.63, 3.8) is 0 Å². The lowest BCUT2D eigenvalue weighted by Crippen LogP contribution is -2.08. The molecule has 3 aromatic heterocycles.